The third-order valence-corrected chi connectivity index (χ3v) is 3.99. The molecule has 0 fully saturated rings. The number of rotatable bonds is 7. The van der Waals surface area contributed by atoms with Crippen molar-refractivity contribution in [3.63, 3.8) is 0 Å². The van der Waals surface area contributed by atoms with Crippen LogP contribution in [0.5, 0.6) is 0 Å². The highest BCUT2D eigenvalue weighted by atomic mass is 19.1. The standard InChI is InChI=1S/C17H24F2N2O3/c1-10(2)17(4,24)9-20-16(23)8-15(21-11(3)22)13-6-5-12(18)7-14(13)19/h5-7,10,15,24H,8-9H2,1-4H3,(H,20,23)(H,21,22). The number of carbonyl (C=O) groups is 2. The lowest BCUT2D eigenvalue weighted by Gasteiger charge is -2.28. The Morgan fingerprint density at radius 2 is 1.92 bits per heavy atom. The number of halogens is 2. The van der Waals surface area contributed by atoms with E-state index < -0.39 is 35.1 Å². The quantitative estimate of drug-likeness (QED) is 0.710. The smallest absolute Gasteiger partial charge is 0.222 e. The van der Waals surface area contributed by atoms with E-state index in [1.54, 1.807) is 6.92 Å². The van der Waals surface area contributed by atoms with E-state index in [1.807, 2.05) is 13.8 Å². The van der Waals surface area contributed by atoms with Crippen molar-refractivity contribution in [2.24, 2.45) is 5.92 Å². The molecule has 7 heteroatoms. The number of amides is 2. The fourth-order valence-corrected chi connectivity index (χ4v) is 2.01. The average molecular weight is 342 g/mol. The molecule has 1 aromatic carbocycles. The zero-order valence-corrected chi connectivity index (χ0v) is 14.3. The Balaban J connectivity index is 2.83. The maximum atomic E-state index is 13.9. The van der Waals surface area contributed by atoms with Crippen molar-refractivity contribution in [1.82, 2.24) is 10.6 Å². The molecule has 0 aliphatic carbocycles. The minimum atomic E-state index is -1.08. The molecule has 0 spiro atoms. The van der Waals surface area contributed by atoms with Crippen LogP contribution in [-0.4, -0.2) is 29.1 Å². The predicted octanol–water partition coefficient (Wildman–Crippen LogP) is 2.06. The van der Waals surface area contributed by atoms with Crippen molar-refractivity contribution in [2.45, 2.75) is 45.8 Å². The number of hydrogen-bond acceptors (Lipinski definition) is 3. The fourth-order valence-electron chi connectivity index (χ4n) is 2.01. The Bertz CT molecular complexity index is 603. The van der Waals surface area contributed by atoms with Crippen molar-refractivity contribution in [3.8, 4) is 0 Å². The van der Waals surface area contributed by atoms with Crippen LogP contribution in [0.3, 0.4) is 0 Å². The van der Waals surface area contributed by atoms with Crippen LogP contribution in [0, 0.1) is 17.6 Å². The summed E-state index contributed by atoms with van der Waals surface area (Å²) in [4.78, 5) is 23.4. The second kappa shape index (κ2) is 8.19. The van der Waals surface area contributed by atoms with Crippen LogP contribution in [0.25, 0.3) is 0 Å². The highest BCUT2D eigenvalue weighted by molar-refractivity contribution is 5.79. The molecule has 0 saturated heterocycles. The number of nitrogens with one attached hydrogen (secondary N) is 2. The molecule has 5 nitrogen and oxygen atoms in total. The summed E-state index contributed by atoms with van der Waals surface area (Å²) < 4.78 is 26.9. The van der Waals surface area contributed by atoms with Gasteiger partial charge >= 0.3 is 0 Å². The minimum Gasteiger partial charge on any atom is -0.388 e. The monoisotopic (exact) mass is 342 g/mol. The number of aliphatic hydroxyl groups is 1. The molecule has 0 radical (unpaired) electrons. The van der Waals surface area contributed by atoms with Gasteiger partial charge in [-0.05, 0) is 18.9 Å². The zero-order chi connectivity index (χ0) is 18.5. The number of hydrogen-bond donors (Lipinski definition) is 3. The maximum Gasteiger partial charge on any atom is 0.222 e. The summed E-state index contributed by atoms with van der Waals surface area (Å²) in [5.74, 6) is -2.55. The van der Waals surface area contributed by atoms with Crippen molar-refractivity contribution in [2.75, 3.05) is 6.54 Å². The molecule has 1 aromatic rings. The van der Waals surface area contributed by atoms with E-state index in [2.05, 4.69) is 10.6 Å². The minimum absolute atomic E-state index is 0.0253. The summed E-state index contributed by atoms with van der Waals surface area (Å²) in [6.07, 6.45) is -0.226. The van der Waals surface area contributed by atoms with Gasteiger partial charge < -0.3 is 15.7 Å². The number of carbonyl (C=O) groups excluding carboxylic acids is 2. The molecule has 0 aromatic heterocycles. The van der Waals surface area contributed by atoms with Crippen molar-refractivity contribution < 1.29 is 23.5 Å². The van der Waals surface area contributed by atoms with Gasteiger partial charge in [-0.1, -0.05) is 19.9 Å². The highest BCUT2D eigenvalue weighted by Crippen LogP contribution is 2.21. The van der Waals surface area contributed by atoms with Gasteiger partial charge in [0, 0.05) is 25.1 Å². The fraction of sp³-hybridized carbons (Fsp3) is 0.529. The Kier molecular flexibility index (Phi) is 6.83. The summed E-state index contributed by atoms with van der Waals surface area (Å²) in [5.41, 5.74) is -1.06. The molecule has 2 amide bonds. The largest absolute Gasteiger partial charge is 0.388 e. The average Bonchev–Trinajstić information content (AvgIpc) is 2.44. The van der Waals surface area contributed by atoms with Gasteiger partial charge in [-0.2, -0.15) is 0 Å². The van der Waals surface area contributed by atoms with E-state index in [-0.39, 0.29) is 24.4 Å². The van der Waals surface area contributed by atoms with Crippen LogP contribution in [-0.2, 0) is 9.59 Å². The third-order valence-electron chi connectivity index (χ3n) is 3.99. The molecule has 134 valence electrons. The first-order chi connectivity index (χ1) is 11.0. The topological polar surface area (TPSA) is 78.4 Å². The van der Waals surface area contributed by atoms with Crippen LogP contribution in [0.4, 0.5) is 8.78 Å². The van der Waals surface area contributed by atoms with Crippen LogP contribution >= 0.6 is 0 Å². The lowest BCUT2D eigenvalue weighted by Crippen LogP contribution is -2.45. The van der Waals surface area contributed by atoms with Gasteiger partial charge in [0.15, 0.2) is 0 Å². The van der Waals surface area contributed by atoms with Gasteiger partial charge in [0.25, 0.3) is 0 Å². The summed E-state index contributed by atoms with van der Waals surface area (Å²) >= 11 is 0. The molecule has 1 rings (SSSR count). The third kappa shape index (κ3) is 5.88. The highest BCUT2D eigenvalue weighted by Gasteiger charge is 2.26. The second-order valence-corrected chi connectivity index (χ2v) is 6.41. The van der Waals surface area contributed by atoms with E-state index in [0.717, 1.165) is 6.07 Å². The first kappa shape index (κ1) is 20.0. The Hall–Kier alpha value is -2.02. The Morgan fingerprint density at radius 1 is 1.29 bits per heavy atom. The van der Waals surface area contributed by atoms with E-state index in [4.69, 9.17) is 0 Å². The summed E-state index contributed by atoms with van der Waals surface area (Å²) in [6, 6.07) is 2.04. The molecule has 2 atom stereocenters. The van der Waals surface area contributed by atoms with Crippen LogP contribution in [0.1, 0.15) is 45.7 Å². The Morgan fingerprint density at radius 3 is 2.42 bits per heavy atom. The molecular formula is C17H24F2N2O3. The predicted molar refractivity (Wildman–Crippen MR) is 86.0 cm³/mol. The molecule has 0 aliphatic rings. The van der Waals surface area contributed by atoms with Crippen LogP contribution in [0.2, 0.25) is 0 Å². The lowest BCUT2D eigenvalue weighted by atomic mass is 9.92. The Labute approximate surface area is 140 Å². The lowest BCUT2D eigenvalue weighted by molar-refractivity contribution is -0.124. The van der Waals surface area contributed by atoms with E-state index >= 15 is 0 Å². The molecule has 0 bridgehead atoms. The zero-order valence-electron chi connectivity index (χ0n) is 14.3. The van der Waals surface area contributed by atoms with Gasteiger partial charge in [-0.15, -0.1) is 0 Å². The van der Waals surface area contributed by atoms with E-state index in [1.165, 1.54) is 13.0 Å². The second-order valence-electron chi connectivity index (χ2n) is 6.41. The first-order valence-electron chi connectivity index (χ1n) is 7.74. The summed E-state index contributed by atoms with van der Waals surface area (Å²) in [5, 5.41) is 15.2. The molecular weight excluding hydrogens is 318 g/mol. The molecule has 0 heterocycles. The van der Waals surface area contributed by atoms with Crippen molar-refractivity contribution in [1.29, 1.82) is 0 Å². The molecule has 0 saturated carbocycles. The van der Waals surface area contributed by atoms with Crippen LogP contribution in [0.15, 0.2) is 18.2 Å². The van der Waals surface area contributed by atoms with Crippen LogP contribution < -0.4 is 10.6 Å². The normalized spacial score (nSPS) is 14.8. The van der Waals surface area contributed by atoms with Crippen molar-refractivity contribution in [3.05, 3.63) is 35.4 Å². The summed E-state index contributed by atoms with van der Waals surface area (Å²) in [6.45, 7) is 6.52. The number of benzene rings is 1. The van der Waals surface area contributed by atoms with Gasteiger partial charge in [-0.25, -0.2) is 8.78 Å². The van der Waals surface area contributed by atoms with Gasteiger partial charge in [0.05, 0.1) is 18.1 Å². The van der Waals surface area contributed by atoms with E-state index in [9.17, 15) is 23.5 Å². The maximum absolute atomic E-state index is 13.9. The molecule has 2 unspecified atom stereocenters. The summed E-state index contributed by atoms with van der Waals surface area (Å²) in [7, 11) is 0. The van der Waals surface area contributed by atoms with Gasteiger partial charge in [0.2, 0.25) is 11.8 Å². The van der Waals surface area contributed by atoms with Crippen molar-refractivity contribution >= 4 is 11.8 Å². The van der Waals surface area contributed by atoms with E-state index in [0.29, 0.717) is 6.07 Å². The first-order valence-corrected chi connectivity index (χ1v) is 7.74. The SMILES string of the molecule is CC(=O)NC(CC(=O)NCC(C)(O)C(C)C)c1ccc(F)cc1F. The van der Waals surface area contributed by atoms with Gasteiger partial charge in [-0.3, -0.25) is 9.59 Å². The molecule has 0 aliphatic heterocycles. The molecule has 3 N–H and O–H groups in total. The molecule has 24 heavy (non-hydrogen) atoms. The van der Waals surface area contributed by atoms with Gasteiger partial charge in [0.1, 0.15) is 11.6 Å².